The molecule has 2 aliphatic heterocycles. The maximum Gasteiger partial charge on any atom is 0.219 e. The van der Waals surface area contributed by atoms with Crippen molar-refractivity contribution in [3.05, 3.63) is 70.8 Å². The molecular weight excluding hydrogens is 396 g/mol. The number of piperidine rings is 1. The van der Waals surface area contributed by atoms with Crippen LogP contribution in [0.5, 0.6) is 0 Å². The molecule has 0 spiro atoms. The molecule has 0 bridgehead atoms. The Bertz CT molecular complexity index is 916. The van der Waals surface area contributed by atoms with Gasteiger partial charge in [-0.25, -0.2) is 0 Å². The van der Waals surface area contributed by atoms with Gasteiger partial charge in [0.15, 0.2) is 5.78 Å². The summed E-state index contributed by atoms with van der Waals surface area (Å²) in [4.78, 5) is 28.8. The zero-order valence-electron chi connectivity index (χ0n) is 19.4. The predicted molar refractivity (Wildman–Crippen MR) is 128 cm³/mol. The van der Waals surface area contributed by atoms with Crippen molar-refractivity contribution >= 4 is 11.7 Å². The van der Waals surface area contributed by atoms with Crippen LogP contribution in [-0.4, -0.2) is 41.1 Å². The Hall–Kier alpha value is -2.46. The highest BCUT2D eigenvalue weighted by atomic mass is 16.2. The van der Waals surface area contributed by atoms with Crippen LogP contribution in [0.2, 0.25) is 0 Å². The average Bonchev–Trinajstić information content (AvgIpc) is 3.01. The normalized spacial score (nSPS) is 17.6. The van der Waals surface area contributed by atoms with Gasteiger partial charge in [0.1, 0.15) is 0 Å². The number of nitrogens with zero attached hydrogens (tertiary/aromatic N) is 2. The van der Waals surface area contributed by atoms with Gasteiger partial charge in [0.05, 0.1) is 0 Å². The van der Waals surface area contributed by atoms with Crippen molar-refractivity contribution in [1.29, 1.82) is 0 Å². The standard InChI is InChI=1S/C28H36N2O2/c1-22(31)30-17-14-23(15-18-30)9-5-11-28(32)26-13-12-25-10-6-16-29(21-27(25)19-26)20-24-7-3-2-4-8-24/h2-4,7-8,12-13,19,23H,5-6,9-11,14-18,20-21H2,1H3. The highest BCUT2D eigenvalue weighted by Crippen LogP contribution is 2.25. The first kappa shape index (κ1) is 22.7. The van der Waals surface area contributed by atoms with Crippen LogP contribution in [0.15, 0.2) is 48.5 Å². The van der Waals surface area contributed by atoms with Crippen LogP contribution in [0.1, 0.15) is 72.5 Å². The summed E-state index contributed by atoms with van der Waals surface area (Å²) in [6.45, 7) is 6.37. The molecule has 2 aromatic rings. The van der Waals surface area contributed by atoms with Gasteiger partial charge in [-0.1, -0.05) is 42.5 Å². The highest BCUT2D eigenvalue weighted by molar-refractivity contribution is 5.96. The van der Waals surface area contributed by atoms with Crippen molar-refractivity contribution in [1.82, 2.24) is 9.80 Å². The second kappa shape index (κ2) is 10.9. The van der Waals surface area contributed by atoms with Crippen molar-refractivity contribution in [2.24, 2.45) is 5.92 Å². The number of carbonyl (C=O) groups is 2. The summed E-state index contributed by atoms with van der Waals surface area (Å²) in [5, 5.41) is 0. The molecule has 1 fully saturated rings. The number of ketones is 1. The van der Waals surface area contributed by atoms with E-state index in [1.165, 1.54) is 16.7 Å². The van der Waals surface area contributed by atoms with Crippen LogP contribution in [0.25, 0.3) is 0 Å². The van der Waals surface area contributed by atoms with Gasteiger partial charge >= 0.3 is 0 Å². The molecule has 2 heterocycles. The van der Waals surface area contributed by atoms with Gasteiger partial charge in [-0.05, 0) is 73.7 Å². The Morgan fingerprint density at radius 1 is 0.969 bits per heavy atom. The lowest BCUT2D eigenvalue weighted by molar-refractivity contribution is -0.130. The summed E-state index contributed by atoms with van der Waals surface area (Å²) in [7, 11) is 0. The molecule has 0 aromatic heterocycles. The highest BCUT2D eigenvalue weighted by Gasteiger charge is 2.21. The van der Waals surface area contributed by atoms with E-state index >= 15 is 0 Å². The summed E-state index contributed by atoms with van der Waals surface area (Å²) in [5.41, 5.74) is 4.93. The number of amides is 1. The maximum atomic E-state index is 12.9. The van der Waals surface area contributed by atoms with E-state index in [2.05, 4.69) is 47.4 Å². The van der Waals surface area contributed by atoms with E-state index in [-0.39, 0.29) is 11.7 Å². The summed E-state index contributed by atoms with van der Waals surface area (Å²) >= 11 is 0. The van der Waals surface area contributed by atoms with E-state index in [1.807, 2.05) is 11.0 Å². The third-order valence-corrected chi connectivity index (χ3v) is 7.17. The second-order valence-corrected chi connectivity index (χ2v) is 9.55. The zero-order valence-corrected chi connectivity index (χ0v) is 19.4. The lowest BCUT2D eigenvalue weighted by Crippen LogP contribution is -2.36. The first-order chi connectivity index (χ1) is 15.6. The molecule has 2 aromatic carbocycles. The molecule has 0 aliphatic carbocycles. The molecule has 0 radical (unpaired) electrons. The second-order valence-electron chi connectivity index (χ2n) is 9.55. The lowest BCUT2D eigenvalue weighted by Gasteiger charge is -2.31. The first-order valence-corrected chi connectivity index (χ1v) is 12.3. The van der Waals surface area contributed by atoms with Crippen molar-refractivity contribution in [3.63, 3.8) is 0 Å². The number of aryl methyl sites for hydroxylation is 1. The van der Waals surface area contributed by atoms with Crippen LogP contribution in [-0.2, 0) is 24.3 Å². The van der Waals surface area contributed by atoms with E-state index < -0.39 is 0 Å². The van der Waals surface area contributed by atoms with Gasteiger partial charge in [0.25, 0.3) is 0 Å². The number of benzene rings is 2. The van der Waals surface area contributed by atoms with E-state index in [0.717, 1.165) is 76.8 Å². The van der Waals surface area contributed by atoms with E-state index in [0.29, 0.717) is 12.3 Å². The maximum absolute atomic E-state index is 12.9. The quantitative estimate of drug-likeness (QED) is 0.561. The Morgan fingerprint density at radius 2 is 1.75 bits per heavy atom. The number of carbonyl (C=O) groups excluding carboxylic acids is 2. The number of hydrogen-bond acceptors (Lipinski definition) is 3. The zero-order chi connectivity index (χ0) is 22.3. The van der Waals surface area contributed by atoms with Gasteiger partial charge in [-0.3, -0.25) is 14.5 Å². The molecule has 1 amide bonds. The van der Waals surface area contributed by atoms with Gasteiger partial charge in [-0.15, -0.1) is 0 Å². The number of likely N-dealkylation sites (tertiary alicyclic amines) is 1. The minimum Gasteiger partial charge on any atom is -0.343 e. The molecule has 32 heavy (non-hydrogen) atoms. The molecule has 0 saturated carbocycles. The predicted octanol–water partition coefficient (Wildman–Crippen LogP) is 5.25. The third kappa shape index (κ3) is 6.07. The molecule has 0 N–H and O–H groups in total. The van der Waals surface area contributed by atoms with Gasteiger partial charge in [-0.2, -0.15) is 0 Å². The average molecular weight is 433 g/mol. The fourth-order valence-electron chi connectivity index (χ4n) is 5.21. The fourth-order valence-corrected chi connectivity index (χ4v) is 5.21. The summed E-state index contributed by atoms with van der Waals surface area (Å²) in [5.74, 6) is 1.11. The van der Waals surface area contributed by atoms with Gasteiger partial charge in [0, 0.05) is 45.1 Å². The van der Waals surface area contributed by atoms with Crippen LogP contribution in [0.3, 0.4) is 0 Å². The molecule has 4 nitrogen and oxygen atoms in total. The van der Waals surface area contributed by atoms with Crippen molar-refractivity contribution in [2.45, 2.75) is 65.0 Å². The van der Waals surface area contributed by atoms with Crippen LogP contribution < -0.4 is 0 Å². The summed E-state index contributed by atoms with van der Waals surface area (Å²) in [6, 6.07) is 17.0. The Morgan fingerprint density at radius 3 is 2.50 bits per heavy atom. The largest absolute Gasteiger partial charge is 0.343 e. The number of fused-ring (bicyclic) bond motifs is 1. The summed E-state index contributed by atoms with van der Waals surface area (Å²) < 4.78 is 0. The van der Waals surface area contributed by atoms with E-state index in [9.17, 15) is 9.59 Å². The van der Waals surface area contributed by atoms with Crippen LogP contribution in [0.4, 0.5) is 0 Å². The monoisotopic (exact) mass is 432 g/mol. The molecular formula is C28H36N2O2. The Labute approximate surface area is 192 Å². The van der Waals surface area contributed by atoms with Crippen molar-refractivity contribution < 1.29 is 9.59 Å². The topological polar surface area (TPSA) is 40.6 Å². The smallest absolute Gasteiger partial charge is 0.219 e. The van der Waals surface area contributed by atoms with Gasteiger partial charge in [0.2, 0.25) is 5.91 Å². The summed E-state index contributed by atoms with van der Waals surface area (Å²) in [6.07, 6.45) is 7.06. The van der Waals surface area contributed by atoms with E-state index in [4.69, 9.17) is 0 Å². The van der Waals surface area contributed by atoms with Crippen molar-refractivity contribution in [3.8, 4) is 0 Å². The SMILES string of the molecule is CC(=O)N1CCC(CCCC(=O)c2ccc3c(c2)CN(Cc2ccccc2)CCC3)CC1. The van der Waals surface area contributed by atoms with Crippen LogP contribution in [0, 0.1) is 5.92 Å². The molecule has 1 saturated heterocycles. The molecule has 4 rings (SSSR count). The first-order valence-electron chi connectivity index (χ1n) is 12.3. The number of hydrogen-bond donors (Lipinski definition) is 0. The molecule has 2 aliphatic rings. The molecule has 4 heteroatoms. The number of Topliss-reactive ketones (excluding diaryl/α,β-unsaturated/α-hetero) is 1. The van der Waals surface area contributed by atoms with Crippen molar-refractivity contribution in [2.75, 3.05) is 19.6 Å². The molecule has 0 unspecified atom stereocenters. The molecule has 170 valence electrons. The molecule has 0 atom stereocenters. The minimum absolute atomic E-state index is 0.184. The number of rotatable bonds is 7. The fraction of sp³-hybridized carbons (Fsp3) is 0.500. The Balaban J connectivity index is 1.30. The lowest BCUT2D eigenvalue weighted by atomic mass is 9.90. The van der Waals surface area contributed by atoms with Gasteiger partial charge < -0.3 is 4.90 Å². The Kier molecular flexibility index (Phi) is 7.75. The van der Waals surface area contributed by atoms with E-state index in [1.54, 1.807) is 6.92 Å². The van der Waals surface area contributed by atoms with Crippen LogP contribution >= 0.6 is 0 Å². The minimum atomic E-state index is 0.184. The third-order valence-electron chi connectivity index (χ3n) is 7.17.